The Morgan fingerprint density at radius 3 is 2.57 bits per heavy atom. The molecular weight excluding hydrogens is 460 g/mol. The molecule has 0 aliphatic carbocycles. The summed E-state index contributed by atoms with van der Waals surface area (Å²) in [6.07, 6.45) is 8.93. The summed E-state index contributed by atoms with van der Waals surface area (Å²) < 4.78 is 10.8. The number of carbonyl (C=O) groups is 3. The standard InChI is InChI=1S/C29H38O5S/c1-3-4-11-28(31)34-26-15-14-23-19-22(12-13-24(23)20-26)21(2)29(32)33-17-16-25(30)8-5-6-9-27-10-7-18-35-27/h12-15,19-21,27H,3-11,16-18H2,1-2H3/t21-,27+/m0/s1. The van der Waals surface area contributed by atoms with Crippen LogP contribution in [0.15, 0.2) is 36.4 Å². The summed E-state index contributed by atoms with van der Waals surface area (Å²) in [5, 5.41) is 2.69. The first-order valence-corrected chi connectivity index (χ1v) is 14.1. The van der Waals surface area contributed by atoms with Crippen molar-refractivity contribution in [3.8, 4) is 5.75 Å². The molecule has 0 amide bonds. The van der Waals surface area contributed by atoms with Crippen LogP contribution in [0.1, 0.15) is 89.5 Å². The predicted octanol–water partition coefficient (Wildman–Crippen LogP) is 7.00. The topological polar surface area (TPSA) is 69.7 Å². The van der Waals surface area contributed by atoms with Crippen molar-refractivity contribution in [2.45, 2.75) is 89.2 Å². The van der Waals surface area contributed by atoms with Crippen LogP contribution >= 0.6 is 11.8 Å². The minimum atomic E-state index is -0.426. The molecule has 3 rings (SSSR count). The second kappa shape index (κ2) is 14.3. The summed E-state index contributed by atoms with van der Waals surface area (Å²) in [5.41, 5.74) is 0.853. The molecule has 0 radical (unpaired) electrons. The van der Waals surface area contributed by atoms with Crippen LogP contribution in [0.25, 0.3) is 10.8 Å². The molecule has 1 aliphatic heterocycles. The number of benzene rings is 2. The fourth-order valence-electron chi connectivity index (χ4n) is 4.30. The summed E-state index contributed by atoms with van der Waals surface area (Å²) >= 11 is 2.06. The Morgan fingerprint density at radius 1 is 1.00 bits per heavy atom. The number of thioether (sulfide) groups is 1. The highest BCUT2D eigenvalue weighted by atomic mass is 32.2. The Kier molecular flexibility index (Phi) is 11.1. The Bertz CT molecular complexity index is 996. The maximum absolute atomic E-state index is 12.5. The van der Waals surface area contributed by atoms with Crippen molar-refractivity contribution in [3.05, 3.63) is 42.0 Å². The number of hydrogen-bond acceptors (Lipinski definition) is 6. The third kappa shape index (κ3) is 8.99. The lowest BCUT2D eigenvalue weighted by atomic mass is 9.98. The van der Waals surface area contributed by atoms with Crippen molar-refractivity contribution < 1.29 is 23.9 Å². The van der Waals surface area contributed by atoms with Gasteiger partial charge < -0.3 is 9.47 Å². The Labute approximate surface area is 213 Å². The van der Waals surface area contributed by atoms with Gasteiger partial charge in [-0.25, -0.2) is 0 Å². The quantitative estimate of drug-likeness (QED) is 0.159. The van der Waals surface area contributed by atoms with Crippen LogP contribution < -0.4 is 4.74 Å². The molecule has 0 saturated carbocycles. The zero-order valence-corrected chi connectivity index (χ0v) is 21.9. The highest BCUT2D eigenvalue weighted by molar-refractivity contribution is 8.00. The fourth-order valence-corrected chi connectivity index (χ4v) is 5.63. The highest BCUT2D eigenvalue weighted by Crippen LogP contribution is 2.30. The summed E-state index contributed by atoms with van der Waals surface area (Å²) in [6.45, 7) is 3.99. The molecule has 6 heteroatoms. The lowest BCUT2D eigenvalue weighted by molar-refractivity contribution is -0.145. The first-order valence-electron chi connectivity index (χ1n) is 13.0. The summed E-state index contributed by atoms with van der Waals surface area (Å²) in [6, 6.07) is 11.3. The molecule has 2 atom stereocenters. The second-order valence-electron chi connectivity index (χ2n) is 9.40. The van der Waals surface area contributed by atoms with Crippen LogP contribution in [0.4, 0.5) is 0 Å². The van der Waals surface area contributed by atoms with E-state index in [4.69, 9.17) is 9.47 Å². The van der Waals surface area contributed by atoms with Gasteiger partial charge >= 0.3 is 11.9 Å². The molecule has 1 saturated heterocycles. The number of ketones is 1. The van der Waals surface area contributed by atoms with E-state index in [0.717, 1.165) is 47.3 Å². The molecular formula is C29H38O5S. The normalized spacial score (nSPS) is 16.2. The van der Waals surface area contributed by atoms with Crippen LogP contribution in [-0.4, -0.2) is 35.3 Å². The first-order chi connectivity index (χ1) is 17.0. The minimum absolute atomic E-state index is 0.140. The number of esters is 2. The molecule has 35 heavy (non-hydrogen) atoms. The van der Waals surface area contributed by atoms with E-state index in [0.29, 0.717) is 18.6 Å². The average Bonchev–Trinajstić information content (AvgIpc) is 3.38. The number of fused-ring (bicyclic) bond motifs is 1. The number of rotatable bonds is 14. The summed E-state index contributed by atoms with van der Waals surface area (Å²) in [5.74, 6) is 1.01. The van der Waals surface area contributed by atoms with E-state index < -0.39 is 5.92 Å². The Balaban J connectivity index is 1.41. The monoisotopic (exact) mass is 498 g/mol. The average molecular weight is 499 g/mol. The number of ether oxygens (including phenoxy) is 2. The molecule has 5 nitrogen and oxygen atoms in total. The zero-order valence-electron chi connectivity index (χ0n) is 21.1. The molecule has 2 aromatic carbocycles. The Morgan fingerprint density at radius 2 is 1.80 bits per heavy atom. The van der Waals surface area contributed by atoms with Crippen molar-refractivity contribution in [1.29, 1.82) is 0 Å². The molecule has 0 unspecified atom stereocenters. The molecule has 2 aromatic rings. The van der Waals surface area contributed by atoms with Crippen LogP contribution in [0, 0.1) is 0 Å². The maximum Gasteiger partial charge on any atom is 0.313 e. The maximum atomic E-state index is 12.5. The van der Waals surface area contributed by atoms with Crippen molar-refractivity contribution in [2.24, 2.45) is 0 Å². The lowest BCUT2D eigenvalue weighted by Crippen LogP contribution is -2.15. The molecule has 1 aliphatic rings. The molecule has 0 spiro atoms. The SMILES string of the molecule is CCCCC(=O)Oc1ccc2cc([C@H](C)C(=O)OCCC(=O)CCCC[C@@H]3CCCS3)ccc2c1. The van der Waals surface area contributed by atoms with Gasteiger partial charge in [0.25, 0.3) is 0 Å². The van der Waals surface area contributed by atoms with Gasteiger partial charge in [0.1, 0.15) is 11.5 Å². The van der Waals surface area contributed by atoms with Crippen molar-refractivity contribution in [2.75, 3.05) is 12.4 Å². The third-order valence-corrected chi connectivity index (χ3v) is 8.00. The van der Waals surface area contributed by atoms with Gasteiger partial charge in [-0.2, -0.15) is 11.8 Å². The highest BCUT2D eigenvalue weighted by Gasteiger charge is 2.18. The van der Waals surface area contributed by atoms with Crippen molar-refractivity contribution >= 4 is 40.3 Å². The predicted molar refractivity (Wildman–Crippen MR) is 142 cm³/mol. The molecule has 0 bridgehead atoms. The lowest BCUT2D eigenvalue weighted by Gasteiger charge is -2.13. The van der Waals surface area contributed by atoms with E-state index in [1.165, 1.54) is 25.0 Å². The number of Topliss-reactive ketones (excluding diaryl/α,β-unsaturated/α-hetero) is 1. The van der Waals surface area contributed by atoms with Crippen LogP contribution in [0.3, 0.4) is 0 Å². The van der Waals surface area contributed by atoms with Gasteiger partial charge in [-0.3, -0.25) is 14.4 Å². The molecule has 1 fully saturated rings. The van der Waals surface area contributed by atoms with E-state index in [-0.39, 0.29) is 30.7 Å². The number of unbranched alkanes of at least 4 members (excludes halogenated alkanes) is 2. The van der Waals surface area contributed by atoms with E-state index in [1.807, 2.05) is 44.2 Å². The van der Waals surface area contributed by atoms with E-state index in [2.05, 4.69) is 11.8 Å². The number of carbonyl (C=O) groups excluding carboxylic acids is 3. The summed E-state index contributed by atoms with van der Waals surface area (Å²) in [7, 11) is 0. The molecule has 1 heterocycles. The summed E-state index contributed by atoms with van der Waals surface area (Å²) in [4.78, 5) is 36.5. The second-order valence-corrected chi connectivity index (χ2v) is 10.8. The van der Waals surface area contributed by atoms with Crippen LogP contribution in [0.5, 0.6) is 5.75 Å². The molecule has 0 aromatic heterocycles. The first kappa shape index (κ1) is 27.3. The third-order valence-electron chi connectivity index (χ3n) is 6.54. The molecule has 190 valence electrons. The van der Waals surface area contributed by atoms with Crippen molar-refractivity contribution in [3.63, 3.8) is 0 Å². The minimum Gasteiger partial charge on any atom is -0.465 e. The van der Waals surface area contributed by atoms with Gasteiger partial charge in [0.15, 0.2) is 0 Å². The van der Waals surface area contributed by atoms with Gasteiger partial charge in [-0.15, -0.1) is 0 Å². The molecule has 0 N–H and O–H groups in total. The van der Waals surface area contributed by atoms with Crippen molar-refractivity contribution in [1.82, 2.24) is 0 Å². The van der Waals surface area contributed by atoms with Crippen LogP contribution in [-0.2, 0) is 19.1 Å². The zero-order chi connectivity index (χ0) is 25.0. The van der Waals surface area contributed by atoms with Crippen LogP contribution in [0.2, 0.25) is 0 Å². The van der Waals surface area contributed by atoms with Gasteiger partial charge in [0, 0.05) is 24.5 Å². The fraction of sp³-hybridized carbons (Fsp3) is 0.552. The number of hydrogen-bond donors (Lipinski definition) is 0. The van der Waals surface area contributed by atoms with E-state index >= 15 is 0 Å². The van der Waals surface area contributed by atoms with Gasteiger partial charge in [0.05, 0.1) is 12.5 Å². The Hall–Kier alpha value is -2.34. The van der Waals surface area contributed by atoms with E-state index in [9.17, 15) is 14.4 Å². The van der Waals surface area contributed by atoms with E-state index in [1.54, 1.807) is 6.07 Å². The largest absolute Gasteiger partial charge is 0.465 e. The van der Waals surface area contributed by atoms with Gasteiger partial charge in [0.2, 0.25) is 0 Å². The van der Waals surface area contributed by atoms with Gasteiger partial charge in [-0.1, -0.05) is 44.0 Å². The smallest absolute Gasteiger partial charge is 0.313 e. The van der Waals surface area contributed by atoms with Gasteiger partial charge in [-0.05, 0) is 73.2 Å².